The first kappa shape index (κ1) is 28.1. The van der Waals surface area contributed by atoms with Crippen LogP contribution in [-0.4, -0.2) is 52.6 Å². The number of piperidine rings is 1. The Balaban J connectivity index is 1.19. The predicted molar refractivity (Wildman–Crippen MR) is 164 cm³/mol. The maximum absolute atomic E-state index is 13.9. The Labute approximate surface area is 262 Å². The second-order valence-electron chi connectivity index (χ2n) is 12.6. The number of hydrogen-bond acceptors (Lipinski definition) is 7. The Kier molecular flexibility index (Phi) is 6.75. The fourth-order valence-corrected chi connectivity index (χ4v) is 11.8. The number of aromatic nitrogens is 1. The highest BCUT2D eigenvalue weighted by Crippen LogP contribution is 2.69. The Morgan fingerprint density at radius 1 is 0.932 bits per heavy atom. The number of imide groups is 1. The number of carbonyl (C=O) groups is 3. The number of thioether (sulfide) groups is 1. The molecule has 7 unspecified atom stereocenters. The highest BCUT2D eigenvalue weighted by Gasteiger charge is 2.69. The van der Waals surface area contributed by atoms with Crippen LogP contribution in [0.4, 0.5) is 10.1 Å². The number of rotatable bonds is 5. The molecular formula is C33H32FN3O5S2. The molecule has 5 aliphatic rings. The third kappa shape index (κ3) is 4.14. The molecule has 228 valence electrons. The van der Waals surface area contributed by atoms with E-state index in [1.54, 1.807) is 23.4 Å². The van der Waals surface area contributed by atoms with E-state index in [0.717, 1.165) is 60.0 Å². The first-order valence-electron chi connectivity index (χ1n) is 15.3. The Hall–Kier alpha value is -3.44. The lowest BCUT2D eigenvalue weighted by molar-refractivity contribution is -0.133. The first-order valence-corrected chi connectivity index (χ1v) is 17.0. The Morgan fingerprint density at radius 2 is 1.61 bits per heavy atom. The molecule has 2 saturated carbocycles. The summed E-state index contributed by atoms with van der Waals surface area (Å²) in [6.45, 7) is 1.46. The van der Waals surface area contributed by atoms with E-state index in [-0.39, 0.29) is 58.1 Å². The van der Waals surface area contributed by atoms with E-state index < -0.39 is 17.7 Å². The third-order valence-corrected chi connectivity index (χ3v) is 13.3. The number of carbonyl (C=O) groups excluding carboxylic acids is 3. The normalized spacial score (nSPS) is 30.4. The van der Waals surface area contributed by atoms with E-state index in [1.807, 2.05) is 29.2 Å². The molecule has 0 N–H and O–H groups in total. The van der Waals surface area contributed by atoms with Crippen LogP contribution in [0.3, 0.4) is 0 Å². The SMILES string of the molecule is COc1ccc(C2c3sc(=O)n(CC(=O)N4CCCCC4)c3SC3C4CC(C5C(=O)N(c6ccc(F)cc6)C(=O)C45)C23)cc1. The maximum Gasteiger partial charge on any atom is 0.308 e. The van der Waals surface area contributed by atoms with E-state index in [0.29, 0.717) is 5.69 Å². The molecule has 4 heterocycles. The van der Waals surface area contributed by atoms with Gasteiger partial charge in [0.25, 0.3) is 0 Å². The van der Waals surface area contributed by atoms with Crippen molar-refractivity contribution in [2.75, 3.05) is 25.1 Å². The molecule has 2 saturated heterocycles. The zero-order valence-corrected chi connectivity index (χ0v) is 25.8. The molecule has 1 aromatic heterocycles. The zero-order valence-electron chi connectivity index (χ0n) is 24.2. The van der Waals surface area contributed by atoms with Gasteiger partial charge in [-0.15, -0.1) is 11.8 Å². The van der Waals surface area contributed by atoms with Gasteiger partial charge in [-0.25, -0.2) is 4.39 Å². The van der Waals surface area contributed by atoms with E-state index in [9.17, 15) is 23.6 Å². The summed E-state index contributed by atoms with van der Waals surface area (Å²) in [5.74, 6) is -1.22. The Morgan fingerprint density at radius 3 is 2.30 bits per heavy atom. The van der Waals surface area contributed by atoms with Crippen molar-refractivity contribution in [2.45, 2.75) is 48.4 Å². The van der Waals surface area contributed by atoms with Crippen LogP contribution in [0.15, 0.2) is 58.4 Å². The lowest BCUT2D eigenvalue weighted by atomic mass is 9.68. The van der Waals surface area contributed by atoms with Crippen molar-refractivity contribution < 1.29 is 23.5 Å². The molecule has 4 fully saturated rings. The van der Waals surface area contributed by atoms with E-state index in [1.165, 1.54) is 40.5 Å². The number of ether oxygens (including phenoxy) is 1. The van der Waals surface area contributed by atoms with Crippen LogP contribution in [0.2, 0.25) is 0 Å². The average molecular weight is 634 g/mol. The van der Waals surface area contributed by atoms with Gasteiger partial charge < -0.3 is 9.64 Å². The topological polar surface area (TPSA) is 88.9 Å². The molecule has 0 radical (unpaired) electrons. The molecule has 0 spiro atoms. The summed E-state index contributed by atoms with van der Waals surface area (Å²) in [6, 6.07) is 13.4. The number of fused-ring (bicyclic) bond motifs is 9. The van der Waals surface area contributed by atoms with Crippen LogP contribution in [0, 0.1) is 35.4 Å². The fraction of sp³-hybridized carbons (Fsp3) is 0.455. The number of nitrogens with zero attached hydrogens (tertiary/aromatic N) is 3. The van der Waals surface area contributed by atoms with Crippen molar-refractivity contribution in [3.63, 3.8) is 0 Å². The fourth-order valence-electron chi connectivity index (χ4n) is 8.66. The number of hydrogen-bond donors (Lipinski definition) is 0. The van der Waals surface area contributed by atoms with Crippen LogP contribution in [-0.2, 0) is 20.9 Å². The lowest BCUT2D eigenvalue weighted by Gasteiger charge is -2.43. The number of anilines is 1. The first-order chi connectivity index (χ1) is 21.4. The highest BCUT2D eigenvalue weighted by atomic mass is 32.2. The maximum atomic E-state index is 13.9. The molecule has 11 heteroatoms. The molecule has 2 aromatic carbocycles. The summed E-state index contributed by atoms with van der Waals surface area (Å²) in [5.41, 5.74) is 1.44. The van der Waals surface area contributed by atoms with Crippen LogP contribution < -0.4 is 14.5 Å². The summed E-state index contributed by atoms with van der Waals surface area (Å²) in [5, 5.41) is 0.833. The van der Waals surface area contributed by atoms with Gasteiger partial charge in [-0.05, 0) is 85.4 Å². The summed E-state index contributed by atoms with van der Waals surface area (Å²) in [6.07, 6.45) is 3.84. The van der Waals surface area contributed by atoms with Crippen LogP contribution >= 0.6 is 23.1 Å². The van der Waals surface area contributed by atoms with Crippen molar-refractivity contribution in [3.05, 3.63) is 74.5 Å². The minimum atomic E-state index is -0.446. The van der Waals surface area contributed by atoms with Crippen LogP contribution in [0.1, 0.15) is 42.0 Å². The summed E-state index contributed by atoms with van der Waals surface area (Å²) < 4.78 is 20.8. The molecule has 8 rings (SSSR count). The molecule has 2 bridgehead atoms. The van der Waals surface area contributed by atoms with Crippen molar-refractivity contribution in [1.82, 2.24) is 9.47 Å². The van der Waals surface area contributed by atoms with Crippen molar-refractivity contribution in [3.8, 4) is 5.75 Å². The number of likely N-dealkylation sites (tertiary alicyclic amines) is 1. The van der Waals surface area contributed by atoms with E-state index in [4.69, 9.17) is 4.74 Å². The molecular weight excluding hydrogens is 602 g/mol. The van der Waals surface area contributed by atoms with E-state index in [2.05, 4.69) is 0 Å². The standard InChI is InChI=1S/C33H32FN3O5S2/c1-42-20-11-5-17(6-12-20)24-25-21-15-22(27-26(21)30(39)37(31(27)40)19-9-7-18(34)8-10-19)28(25)43-32-29(24)44-33(41)36(32)16-23(38)35-13-3-2-4-14-35/h5-12,21-22,24-28H,2-4,13-16H2,1H3. The second kappa shape index (κ2) is 10.6. The van der Waals surface area contributed by atoms with Crippen LogP contribution in [0.5, 0.6) is 5.75 Å². The number of methoxy groups -OCH3 is 1. The van der Waals surface area contributed by atoms with Crippen LogP contribution in [0.25, 0.3) is 0 Å². The van der Waals surface area contributed by atoms with Gasteiger partial charge in [-0.2, -0.15) is 0 Å². The summed E-state index contributed by atoms with van der Waals surface area (Å²) in [4.78, 5) is 58.7. The third-order valence-electron chi connectivity index (χ3n) is 10.5. The molecule has 7 atom stereocenters. The van der Waals surface area contributed by atoms with Gasteiger partial charge in [-0.3, -0.25) is 28.6 Å². The van der Waals surface area contributed by atoms with Gasteiger partial charge in [0, 0.05) is 29.1 Å². The van der Waals surface area contributed by atoms with Gasteiger partial charge in [-0.1, -0.05) is 23.5 Å². The number of amides is 3. The minimum Gasteiger partial charge on any atom is -0.497 e. The van der Waals surface area contributed by atoms with Crippen molar-refractivity contribution in [2.24, 2.45) is 29.6 Å². The summed E-state index contributed by atoms with van der Waals surface area (Å²) in [7, 11) is 1.62. The largest absolute Gasteiger partial charge is 0.497 e. The lowest BCUT2D eigenvalue weighted by Crippen LogP contribution is -2.43. The smallest absolute Gasteiger partial charge is 0.308 e. The number of benzene rings is 2. The van der Waals surface area contributed by atoms with Gasteiger partial charge in [0.15, 0.2) is 0 Å². The van der Waals surface area contributed by atoms with Gasteiger partial charge in [0.1, 0.15) is 18.1 Å². The minimum absolute atomic E-state index is 0.0103. The predicted octanol–water partition coefficient (Wildman–Crippen LogP) is 4.75. The van der Waals surface area contributed by atoms with E-state index >= 15 is 0 Å². The average Bonchev–Trinajstić information content (AvgIpc) is 3.77. The van der Waals surface area contributed by atoms with Crippen molar-refractivity contribution in [1.29, 1.82) is 0 Å². The number of thiazole rings is 1. The molecule has 8 nitrogen and oxygen atoms in total. The highest BCUT2D eigenvalue weighted by molar-refractivity contribution is 8.00. The number of halogens is 1. The van der Waals surface area contributed by atoms with Gasteiger partial charge >= 0.3 is 4.87 Å². The van der Waals surface area contributed by atoms with Crippen molar-refractivity contribution >= 4 is 46.5 Å². The molecule has 3 aliphatic heterocycles. The molecule has 3 amide bonds. The monoisotopic (exact) mass is 633 g/mol. The second-order valence-corrected chi connectivity index (χ2v) is 14.7. The molecule has 3 aromatic rings. The molecule has 44 heavy (non-hydrogen) atoms. The zero-order chi connectivity index (χ0) is 30.3. The van der Waals surface area contributed by atoms with Gasteiger partial charge in [0.05, 0.1) is 29.7 Å². The summed E-state index contributed by atoms with van der Waals surface area (Å²) >= 11 is 2.84. The Bertz CT molecular complexity index is 1710. The van der Waals surface area contributed by atoms with Gasteiger partial charge in [0.2, 0.25) is 17.7 Å². The molecule has 2 aliphatic carbocycles. The quantitative estimate of drug-likeness (QED) is 0.377.